The molecule has 8 aromatic rings. The second kappa shape index (κ2) is 12.8. The molecule has 0 radical (unpaired) electrons. The highest BCUT2D eigenvalue weighted by Gasteiger charge is 2.52. The van der Waals surface area contributed by atoms with Crippen molar-refractivity contribution in [2.24, 2.45) is 0 Å². The van der Waals surface area contributed by atoms with Crippen LogP contribution in [0.15, 0.2) is 176 Å². The minimum atomic E-state index is -1.42. The highest BCUT2D eigenvalue weighted by Crippen LogP contribution is 2.64. The molecule has 0 fully saturated rings. The van der Waals surface area contributed by atoms with Gasteiger partial charge in [-0.15, -0.1) is 0 Å². The van der Waals surface area contributed by atoms with Crippen LogP contribution < -0.4 is 4.90 Å². The van der Waals surface area contributed by atoms with Crippen molar-refractivity contribution < 1.29 is 2.74 Å². The van der Waals surface area contributed by atoms with Crippen molar-refractivity contribution in [3.63, 3.8) is 0 Å². The summed E-state index contributed by atoms with van der Waals surface area (Å²) in [5.74, 6) is 0. The predicted octanol–water partition coefficient (Wildman–Crippen LogP) is 15.3. The van der Waals surface area contributed by atoms with E-state index in [-0.39, 0.29) is 10.8 Å². The number of anilines is 3. The normalized spacial score (nSPS) is 17.0. The Balaban J connectivity index is 1.15. The van der Waals surface area contributed by atoms with Gasteiger partial charge in [0, 0.05) is 25.2 Å². The van der Waals surface area contributed by atoms with Crippen molar-refractivity contribution in [1.82, 2.24) is 0 Å². The van der Waals surface area contributed by atoms with Gasteiger partial charge in [0.2, 0.25) is 0 Å². The summed E-state index contributed by atoms with van der Waals surface area (Å²) in [5.41, 5.74) is 22.5. The van der Waals surface area contributed by atoms with Crippen LogP contribution in [0.3, 0.4) is 0 Å². The van der Waals surface area contributed by atoms with Gasteiger partial charge in [0.15, 0.2) is 0 Å². The first-order chi connectivity index (χ1) is 29.3. The fourth-order valence-electron chi connectivity index (χ4n) is 10.7. The van der Waals surface area contributed by atoms with Crippen LogP contribution in [0.4, 0.5) is 17.1 Å². The van der Waals surface area contributed by atoms with Crippen molar-refractivity contribution in [2.45, 2.75) is 64.2 Å². The van der Waals surface area contributed by atoms with Gasteiger partial charge >= 0.3 is 0 Å². The number of benzene rings is 8. The van der Waals surface area contributed by atoms with E-state index >= 15 is 0 Å². The highest BCUT2D eigenvalue weighted by molar-refractivity contribution is 5.97. The molecule has 0 amide bonds. The summed E-state index contributed by atoms with van der Waals surface area (Å²) in [5, 5.41) is 0. The second-order valence-electron chi connectivity index (χ2n) is 18.2. The third kappa shape index (κ3) is 5.10. The number of fused-ring (bicyclic) bond motifs is 13. The number of aryl methyl sites for hydroxylation is 1. The van der Waals surface area contributed by atoms with Gasteiger partial charge in [-0.3, -0.25) is 0 Å². The van der Waals surface area contributed by atoms with E-state index in [2.05, 4.69) is 197 Å². The molecule has 59 heavy (non-hydrogen) atoms. The van der Waals surface area contributed by atoms with Crippen molar-refractivity contribution in [2.75, 3.05) is 4.90 Å². The maximum atomic E-state index is 8.37. The Morgan fingerprint density at radius 2 is 0.966 bits per heavy atom. The lowest BCUT2D eigenvalue weighted by Crippen LogP contribution is -2.27. The fourth-order valence-corrected chi connectivity index (χ4v) is 10.7. The Bertz CT molecular complexity index is 3070. The van der Waals surface area contributed by atoms with E-state index in [1.165, 1.54) is 72.3 Å². The van der Waals surface area contributed by atoms with Gasteiger partial charge in [-0.2, -0.15) is 0 Å². The van der Waals surface area contributed by atoms with Crippen LogP contribution in [0.1, 0.15) is 88.8 Å². The van der Waals surface area contributed by atoms with Gasteiger partial charge in [0.25, 0.3) is 0 Å². The van der Waals surface area contributed by atoms with E-state index in [9.17, 15) is 0 Å². The molecular weight excluding hydrogens is 711 g/mol. The molecule has 3 aliphatic carbocycles. The van der Waals surface area contributed by atoms with Crippen molar-refractivity contribution >= 4 is 17.1 Å². The smallest absolute Gasteiger partial charge is 0.0726 e. The zero-order chi connectivity index (χ0) is 42.1. The molecule has 0 saturated carbocycles. The molecular formula is C58H49N. The van der Waals surface area contributed by atoms with Crippen molar-refractivity contribution in [1.29, 1.82) is 0 Å². The van der Waals surface area contributed by atoms with Gasteiger partial charge in [0.1, 0.15) is 0 Å². The summed E-state index contributed by atoms with van der Waals surface area (Å²) in [7, 11) is 0. The SMILES string of the molecule is [2H]C([2H])(C)c1cccc(-c2ccc(N(c3ccc4c(c3)-c3ccccc3C4(C)C)c3ccc4c(c3)C3(c5ccccc5-4)c4ccccc4-c4ccc(C(C)(C)C)cc43)cc2)c1. The number of rotatable bonds is 5. The Morgan fingerprint density at radius 1 is 0.441 bits per heavy atom. The van der Waals surface area contributed by atoms with Crippen LogP contribution in [-0.4, -0.2) is 0 Å². The number of nitrogens with zero attached hydrogens (tertiary/aromatic N) is 1. The summed E-state index contributed by atoms with van der Waals surface area (Å²) in [6.45, 7) is 13.2. The second-order valence-corrected chi connectivity index (χ2v) is 18.2. The van der Waals surface area contributed by atoms with Crippen molar-refractivity contribution in [3.05, 3.63) is 220 Å². The number of hydrogen-bond donors (Lipinski definition) is 0. The van der Waals surface area contributed by atoms with E-state index in [4.69, 9.17) is 2.74 Å². The van der Waals surface area contributed by atoms with E-state index in [0.29, 0.717) is 5.56 Å². The molecule has 0 heterocycles. The van der Waals surface area contributed by atoms with E-state index in [1.54, 1.807) is 6.92 Å². The summed E-state index contributed by atoms with van der Waals surface area (Å²) in [4.78, 5) is 2.43. The first-order valence-corrected chi connectivity index (χ1v) is 21.0. The molecule has 0 aliphatic heterocycles. The highest BCUT2D eigenvalue weighted by atomic mass is 15.1. The summed E-state index contributed by atoms with van der Waals surface area (Å²) >= 11 is 0. The summed E-state index contributed by atoms with van der Waals surface area (Å²) in [6.07, 6.45) is -1.42. The van der Waals surface area contributed by atoms with Gasteiger partial charge in [-0.05, 0) is 137 Å². The lowest BCUT2D eigenvalue weighted by molar-refractivity contribution is 0.588. The summed E-state index contributed by atoms with van der Waals surface area (Å²) < 4.78 is 16.7. The molecule has 3 aliphatic rings. The molecule has 0 aromatic heterocycles. The van der Waals surface area contributed by atoms with E-state index < -0.39 is 11.8 Å². The summed E-state index contributed by atoms with van der Waals surface area (Å²) in [6, 6.07) is 65.1. The molecule has 11 rings (SSSR count). The predicted molar refractivity (Wildman–Crippen MR) is 249 cm³/mol. The van der Waals surface area contributed by atoms with E-state index in [1.807, 2.05) is 18.2 Å². The maximum Gasteiger partial charge on any atom is 0.0726 e. The molecule has 0 bridgehead atoms. The van der Waals surface area contributed by atoms with E-state index in [0.717, 1.165) is 28.2 Å². The monoisotopic (exact) mass is 761 g/mol. The Kier molecular flexibility index (Phi) is 7.26. The maximum absolute atomic E-state index is 8.37. The lowest BCUT2D eigenvalue weighted by Gasteiger charge is -2.33. The lowest BCUT2D eigenvalue weighted by atomic mass is 9.69. The zero-order valence-electron chi connectivity index (χ0n) is 36.7. The minimum Gasteiger partial charge on any atom is -0.310 e. The quantitative estimate of drug-likeness (QED) is 0.169. The average molecular weight is 762 g/mol. The molecule has 1 unspecified atom stereocenters. The largest absolute Gasteiger partial charge is 0.310 e. The van der Waals surface area contributed by atoms with Gasteiger partial charge in [-0.25, -0.2) is 0 Å². The molecule has 0 N–H and O–H groups in total. The first-order valence-electron chi connectivity index (χ1n) is 22.0. The van der Waals surface area contributed by atoms with Gasteiger partial charge in [0.05, 0.1) is 5.41 Å². The number of hydrogen-bond acceptors (Lipinski definition) is 1. The average Bonchev–Trinajstić information content (AvgIpc) is 3.81. The van der Waals surface area contributed by atoms with Crippen LogP contribution >= 0.6 is 0 Å². The fraction of sp³-hybridized carbons (Fsp3) is 0.172. The Hall–Kier alpha value is -6.44. The van der Waals surface area contributed by atoms with Gasteiger partial charge < -0.3 is 4.90 Å². The van der Waals surface area contributed by atoms with Crippen molar-refractivity contribution in [3.8, 4) is 44.5 Å². The minimum absolute atomic E-state index is 0.0130. The topological polar surface area (TPSA) is 3.24 Å². The third-order valence-corrected chi connectivity index (χ3v) is 13.6. The van der Waals surface area contributed by atoms with Crippen LogP contribution in [0.2, 0.25) is 0 Å². The molecule has 0 saturated heterocycles. The molecule has 286 valence electrons. The van der Waals surface area contributed by atoms with Gasteiger partial charge in [-0.1, -0.05) is 181 Å². The van der Waals surface area contributed by atoms with Crippen LogP contribution in [0, 0.1) is 0 Å². The zero-order valence-corrected chi connectivity index (χ0v) is 34.7. The molecule has 1 atom stereocenters. The van der Waals surface area contributed by atoms with Crippen LogP contribution in [0.5, 0.6) is 0 Å². The standard InChI is InChI=1S/C58H49N/c1-7-37-15-14-16-39(33-37)38-23-26-41(27-24-38)59(42-29-32-51-49(35-42)46-19-8-11-20-50(46)57(51,5)6)43-28-31-48-45-18-10-13-22-53(45)58(55(48)36-43)52-21-12-9-17-44(52)47-30-25-40(34-54(47)58)56(2,3)4/h8-36H,7H2,1-6H3/i7D2. The molecule has 1 spiro atoms. The Morgan fingerprint density at radius 3 is 1.63 bits per heavy atom. The Labute approximate surface area is 352 Å². The molecule has 1 nitrogen and oxygen atoms in total. The van der Waals surface area contributed by atoms with Crippen LogP contribution in [-0.2, 0) is 22.6 Å². The first kappa shape index (κ1) is 33.5. The molecule has 8 aromatic carbocycles. The molecule has 1 heteroatoms. The third-order valence-electron chi connectivity index (χ3n) is 13.6. The van der Waals surface area contributed by atoms with Crippen LogP contribution in [0.25, 0.3) is 44.5 Å².